The van der Waals surface area contributed by atoms with Crippen molar-refractivity contribution in [2.24, 2.45) is 11.8 Å². The van der Waals surface area contributed by atoms with E-state index in [0.29, 0.717) is 12.5 Å². The van der Waals surface area contributed by atoms with E-state index >= 15 is 0 Å². The minimum absolute atomic E-state index is 0.139. The van der Waals surface area contributed by atoms with Crippen LogP contribution in [-0.2, 0) is 4.79 Å². The molecular formula is C13H26N2O2. The van der Waals surface area contributed by atoms with Gasteiger partial charge in [-0.3, -0.25) is 4.79 Å². The number of carbonyl (C=O) groups excluding carboxylic acids is 1. The summed E-state index contributed by atoms with van der Waals surface area (Å²) < 4.78 is 0. The van der Waals surface area contributed by atoms with Crippen molar-refractivity contribution in [3.8, 4) is 0 Å². The standard InChI is InChI=1S/C13H26N2O2/c1-2-4-11(6-8-16)9-15-13(17)12-5-3-7-14-10-12/h11-12,14,16H,2-10H2,1H3,(H,15,17)/t11?,12-/m1/s1. The third-order valence-electron chi connectivity index (χ3n) is 3.47. The molecule has 0 aromatic rings. The van der Waals surface area contributed by atoms with Gasteiger partial charge in [0.15, 0.2) is 0 Å². The van der Waals surface area contributed by atoms with Gasteiger partial charge in [0.05, 0.1) is 5.92 Å². The maximum atomic E-state index is 11.9. The molecule has 0 spiro atoms. The summed E-state index contributed by atoms with van der Waals surface area (Å²) in [5.41, 5.74) is 0. The first-order chi connectivity index (χ1) is 8.27. The van der Waals surface area contributed by atoms with E-state index in [9.17, 15) is 4.79 Å². The molecule has 1 rings (SSSR count). The zero-order chi connectivity index (χ0) is 12.5. The first-order valence-corrected chi connectivity index (χ1v) is 6.87. The second-order valence-electron chi connectivity index (χ2n) is 4.96. The predicted molar refractivity (Wildman–Crippen MR) is 68.7 cm³/mol. The summed E-state index contributed by atoms with van der Waals surface area (Å²) in [4.78, 5) is 11.9. The molecule has 3 N–H and O–H groups in total. The molecule has 4 nitrogen and oxygen atoms in total. The Morgan fingerprint density at radius 3 is 2.94 bits per heavy atom. The van der Waals surface area contributed by atoms with Gasteiger partial charge >= 0.3 is 0 Å². The van der Waals surface area contributed by atoms with Gasteiger partial charge in [-0.05, 0) is 38.1 Å². The van der Waals surface area contributed by atoms with Crippen molar-refractivity contribution >= 4 is 5.91 Å². The highest BCUT2D eigenvalue weighted by molar-refractivity contribution is 5.78. The van der Waals surface area contributed by atoms with E-state index in [1.165, 1.54) is 0 Å². The molecule has 1 fully saturated rings. The molecule has 1 unspecified atom stereocenters. The lowest BCUT2D eigenvalue weighted by Gasteiger charge is -2.23. The van der Waals surface area contributed by atoms with Crippen LogP contribution in [0.25, 0.3) is 0 Å². The lowest BCUT2D eigenvalue weighted by atomic mass is 9.97. The highest BCUT2D eigenvalue weighted by Gasteiger charge is 2.21. The maximum absolute atomic E-state index is 11.9. The number of piperidine rings is 1. The molecule has 2 atom stereocenters. The first kappa shape index (κ1) is 14.5. The Balaban J connectivity index is 2.24. The quantitative estimate of drug-likeness (QED) is 0.621. The molecule has 100 valence electrons. The number of hydrogen-bond donors (Lipinski definition) is 3. The average molecular weight is 242 g/mol. The van der Waals surface area contributed by atoms with Crippen LogP contribution in [0.2, 0.25) is 0 Å². The number of aliphatic hydroxyl groups excluding tert-OH is 1. The highest BCUT2D eigenvalue weighted by atomic mass is 16.3. The van der Waals surface area contributed by atoms with Crippen molar-refractivity contribution in [3.63, 3.8) is 0 Å². The highest BCUT2D eigenvalue weighted by Crippen LogP contribution is 2.12. The van der Waals surface area contributed by atoms with Crippen LogP contribution in [0.1, 0.15) is 39.0 Å². The van der Waals surface area contributed by atoms with Crippen molar-refractivity contribution in [2.45, 2.75) is 39.0 Å². The molecule has 0 aliphatic carbocycles. The van der Waals surface area contributed by atoms with Crippen molar-refractivity contribution in [2.75, 3.05) is 26.2 Å². The smallest absolute Gasteiger partial charge is 0.224 e. The van der Waals surface area contributed by atoms with E-state index < -0.39 is 0 Å². The molecule has 17 heavy (non-hydrogen) atoms. The largest absolute Gasteiger partial charge is 0.396 e. The van der Waals surface area contributed by atoms with E-state index in [2.05, 4.69) is 17.6 Å². The summed E-state index contributed by atoms with van der Waals surface area (Å²) in [6.07, 6.45) is 5.05. The summed E-state index contributed by atoms with van der Waals surface area (Å²) in [5, 5.41) is 15.2. The van der Waals surface area contributed by atoms with Crippen LogP contribution >= 0.6 is 0 Å². The topological polar surface area (TPSA) is 61.4 Å². The minimum atomic E-state index is 0.139. The SMILES string of the molecule is CCCC(CCO)CNC(=O)[C@@H]1CCCNC1. The van der Waals surface area contributed by atoms with E-state index in [-0.39, 0.29) is 18.4 Å². The fraction of sp³-hybridized carbons (Fsp3) is 0.923. The molecular weight excluding hydrogens is 216 g/mol. The van der Waals surface area contributed by atoms with E-state index in [1.54, 1.807) is 0 Å². The van der Waals surface area contributed by atoms with Gasteiger partial charge in [0.1, 0.15) is 0 Å². The van der Waals surface area contributed by atoms with Crippen molar-refractivity contribution in [1.29, 1.82) is 0 Å². The fourth-order valence-electron chi connectivity index (χ4n) is 2.40. The summed E-state index contributed by atoms with van der Waals surface area (Å²) >= 11 is 0. The summed E-state index contributed by atoms with van der Waals surface area (Å²) in [6, 6.07) is 0. The third-order valence-corrected chi connectivity index (χ3v) is 3.47. The Bertz CT molecular complexity index is 209. The van der Waals surface area contributed by atoms with Crippen LogP contribution in [0.5, 0.6) is 0 Å². The van der Waals surface area contributed by atoms with Gasteiger partial charge in [0, 0.05) is 19.7 Å². The zero-order valence-corrected chi connectivity index (χ0v) is 10.9. The number of aliphatic hydroxyl groups is 1. The molecule has 1 heterocycles. The van der Waals surface area contributed by atoms with Gasteiger partial charge in [-0.2, -0.15) is 0 Å². The number of nitrogens with one attached hydrogen (secondary N) is 2. The van der Waals surface area contributed by atoms with Crippen LogP contribution in [0.3, 0.4) is 0 Å². The molecule has 1 aliphatic rings. The lowest BCUT2D eigenvalue weighted by molar-refractivity contribution is -0.125. The normalized spacial score (nSPS) is 22.1. The minimum Gasteiger partial charge on any atom is -0.396 e. The van der Waals surface area contributed by atoms with Crippen LogP contribution in [0, 0.1) is 11.8 Å². The second-order valence-corrected chi connectivity index (χ2v) is 4.96. The summed E-state index contributed by atoms with van der Waals surface area (Å²) in [5.74, 6) is 0.738. The Kier molecular flexibility index (Phi) is 7.21. The molecule has 0 saturated carbocycles. The Morgan fingerprint density at radius 2 is 2.35 bits per heavy atom. The summed E-state index contributed by atoms with van der Waals surface area (Å²) in [7, 11) is 0. The zero-order valence-electron chi connectivity index (χ0n) is 10.9. The van der Waals surface area contributed by atoms with E-state index in [1.807, 2.05) is 0 Å². The number of hydrogen-bond acceptors (Lipinski definition) is 3. The van der Waals surface area contributed by atoms with Crippen LogP contribution in [-0.4, -0.2) is 37.3 Å². The third kappa shape index (κ3) is 5.50. The van der Waals surface area contributed by atoms with E-state index in [4.69, 9.17) is 5.11 Å². The van der Waals surface area contributed by atoms with Crippen LogP contribution < -0.4 is 10.6 Å². The average Bonchev–Trinajstić information content (AvgIpc) is 2.37. The van der Waals surface area contributed by atoms with Crippen molar-refractivity contribution < 1.29 is 9.90 Å². The van der Waals surface area contributed by atoms with Gasteiger partial charge in [-0.1, -0.05) is 13.3 Å². The predicted octanol–water partition coefficient (Wildman–Crippen LogP) is 0.901. The lowest BCUT2D eigenvalue weighted by Crippen LogP contribution is -2.42. The van der Waals surface area contributed by atoms with Crippen molar-refractivity contribution in [3.05, 3.63) is 0 Å². The number of rotatable bonds is 7. The Labute approximate surface area is 104 Å². The molecule has 1 saturated heterocycles. The van der Waals surface area contributed by atoms with Gasteiger partial charge in [0.25, 0.3) is 0 Å². The Hall–Kier alpha value is -0.610. The van der Waals surface area contributed by atoms with Crippen molar-refractivity contribution in [1.82, 2.24) is 10.6 Å². The first-order valence-electron chi connectivity index (χ1n) is 6.87. The monoisotopic (exact) mass is 242 g/mol. The summed E-state index contributed by atoms with van der Waals surface area (Å²) in [6.45, 7) is 4.91. The molecule has 0 bridgehead atoms. The van der Waals surface area contributed by atoms with Gasteiger partial charge in [-0.25, -0.2) is 0 Å². The Morgan fingerprint density at radius 1 is 1.53 bits per heavy atom. The number of amides is 1. The molecule has 4 heteroatoms. The van der Waals surface area contributed by atoms with Crippen LogP contribution in [0.4, 0.5) is 0 Å². The second kappa shape index (κ2) is 8.48. The molecule has 1 aliphatic heterocycles. The molecule has 0 aromatic carbocycles. The van der Waals surface area contributed by atoms with Gasteiger partial charge in [0.2, 0.25) is 5.91 Å². The van der Waals surface area contributed by atoms with Gasteiger partial charge < -0.3 is 15.7 Å². The molecule has 0 radical (unpaired) electrons. The fourth-order valence-corrected chi connectivity index (χ4v) is 2.40. The maximum Gasteiger partial charge on any atom is 0.224 e. The molecule has 0 aromatic heterocycles. The van der Waals surface area contributed by atoms with E-state index in [0.717, 1.165) is 45.2 Å². The van der Waals surface area contributed by atoms with Crippen LogP contribution in [0.15, 0.2) is 0 Å². The van der Waals surface area contributed by atoms with Gasteiger partial charge in [-0.15, -0.1) is 0 Å². The number of carbonyl (C=O) groups is 1. The molecule has 1 amide bonds.